The van der Waals surface area contributed by atoms with Gasteiger partial charge in [-0.25, -0.2) is 4.79 Å². The molecule has 5 heteroatoms. The van der Waals surface area contributed by atoms with Crippen molar-refractivity contribution in [2.75, 3.05) is 7.11 Å². The summed E-state index contributed by atoms with van der Waals surface area (Å²) in [6, 6.07) is 16.7. The molecule has 22 heavy (non-hydrogen) atoms. The van der Waals surface area contributed by atoms with Crippen molar-refractivity contribution in [2.24, 2.45) is 0 Å². The van der Waals surface area contributed by atoms with E-state index in [4.69, 9.17) is 4.74 Å². The summed E-state index contributed by atoms with van der Waals surface area (Å²) in [5.41, 5.74) is 0.407. The topological polar surface area (TPSA) is 43.4 Å². The standard InChI is InChI=1S/C17H12O3S2/c1-20-16(18)12-7-3-5-9-14(12)22-17(19)15-10-11-6-2-4-8-13(11)21-15/h2-10H,1H3. The lowest BCUT2D eigenvalue weighted by molar-refractivity contribution is 0.0597. The highest BCUT2D eigenvalue weighted by molar-refractivity contribution is 8.14. The molecule has 3 nitrogen and oxygen atoms in total. The predicted octanol–water partition coefficient (Wildman–Crippen LogP) is 4.62. The second-order valence-electron chi connectivity index (χ2n) is 4.53. The molecule has 2 aromatic carbocycles. The number of hydrogen-bond acceptors (Lipinski definition) is 5. The minimum Gasteiger partial charge on any atom is -0.465 e. The minimum atomic E-state index is -0.438. The van der Waals surface area contributed by atoms with Crippen LogP contribution in [0.5, 0.6) is 0 Å². The number of ether oxygens (including phenoxy) is 1. The molecule has 0 saturated heterocycles. The molecular weight excluding hydrogens is 316 g/mol. The number of thiophene rings is 1. The van der Waals surface area contributed by atoms with Crippen molar-refractivity contribution >= 4 is 44.3 Å². The van der Waals surface area contributed by atoms with Gasteiger partial charge in [-0.2, -0.15) is 0 Å². The van der Waals surface area contributed by atoms with E-state index in [1.54, 1.807) is 24.3 Å². The second-order valence-corrected chi connectivity index (χ2v) is 6.62. The third kappa shape index (κ3) is 2.91. The quantitative estimate of drug-likeness (QED) is 0.520. The summed E-state index contributed by atoms with van der Waals surface area (Å²) in [7, 11) is 1.33. The zero-order valence-corrected chi connectivity index (χ0v) is 13.4. The van der Waals surface area contributed by atoms with Crippen LogP contribution < -0.4 is 0 Å². The van der Waals surface area contributed by atoms with Crippen LogP contribution >= 0.6 is 23.1 Å². The van der Waals surface area contributed by atoms with Crippen LogP contribution in [0, 0.1) is 0 Å². The zero-order valence-electron chi connectivity index (χ0n) is 11.7. The van der Waals surface area contributed by atoms with Crippen molar-refractivity contribution in [3.8, 4) is 0 Å². The highest BCUT2D eigenvalue weighted by atomic mass is 32.2. The molecule has 3 rings (SSSR count). The van der Waals surface area contributed by atoms with E-state index in [2.05, 4.69) is 0 Å². The Hall–Kier alpha value is -2.11. The van der Waals surface area contributed by atoms with Crippen LogP contribution in [0.25, 0.3) is 10.1 Å². The van der Waals surface area contributed by atoms with Crippen molar-refractivity contribution in [3.63, 3.8) is 0 Å². The lowest BCUT2D eigenvalue weighted by Gasteiger charge is -2.05. The Kier molecular flexibility index (Phi) is 4.27. The monoisotopic (exact) mass is 328 g/mol. The van der Waals surface area contributed by atoms with Crippen LogP contribution in [0.15, 0.2) is 59.5 Å². The SMILES string of the molecule is COC(=O)c1ccccc1SC(=O)c1cc2ccccc2s1. The molecule has 0 atom stereocenters. The van der Waals surface area contributed by atoms with E-state index in [0.717, 1.165) is 21.8 Å². The van der Waals surface area contributed by atoms with Crippen molar-refractivity contribution in [3.05, 3.63) is 65.0 Å². The molecule has 0 spiro atoms. The van der Waals surface area contributed by atoms with Crippen LogP contribution in [-0.2, 0) is 4.74 Å². The van der Waals surface area contributed by atoms with Gasteiger partial charge in [0.05, 0.1) is 17.6 Å². The summed E-state index contributed by atoms with van der Waals surface area (Å²) in [6.45, 7) is 0. The summed E-state index contributed by atoms with van der Waals surface area (Å²) in [6.07, 6.45) is 0. The van der Waals surface area contributed by atoms with Crippen LogP contribution in [0.3, 0.4) is 0 Å². The summed E-state index contributed by atoms with van der Waals surface area (Å²) in [5, 5.41) is 0.982. The van der Waals surface area contributed by atoms with Gasteiger partial charge >= 0.3 is 5.97 Å². The third-order valence-electron chi connectivity index (χ3n) is 3.12. The maximum atomic E-state index is 12.5. The zero-order chi connectivity index (χ0) is 15.5. The number of esters is 1. The number of fused-ring (bicyclic) bond motifs is 1. The van der Waals surface area contributed by atoms with Gasteiger partial charge in [0.2, 0.25) is 5.12 Å². The first-order valence-corrected chi connectivity index (χ1v) is 8.20. The van der Waals surface area contributed by atoms with E-state index < -0.39 is 5.97 Å². The molecule has 0 unspecified atom stereocenters. The smallest absolute Gasteiger partial charge is 0.339 e. The van der Waals surface area contributed by atoms with Crippen LogP contribution in [-0.4, -0.2) is 18.2 Å². The first kappa shape index (κ1) is 14.8. The van der Waals surface area contributed by atoms with Gasteiger partial charge in [0.15, 0.2) is 0 Å². The normalized spacial score (nSPS) is 10.6. The minimum absolute atomic E-state index is 0.0717. The van der Waals surface area contributed by atoms with Crippen LogP contribution in [0.4, 0.5) is 0 Å². The second kappa shape index (κ2) is 6.34. The lowest BCUT2D eigenvalue weighted by atomic mass is 10.2. The number of rotatable bonds is 3. The molecule has 3 aromatic rings. The molecule has 1 aromatic heterocycles. The number of benzene rings is 2. The maximum Gasteiger partial charge on any atom is 0.339 e. The highest BCUT2D eigenvalue weighted by Gasteiger charge is 2.17. The Bertz CT molecular complexity index is 819. The molecule has 0 amide bonds. The average Bonchev–Trinajstić information content (AvgIpc) is 2.99. The van der Waals surface area contributed by atoms with Gasteiger partial charge in [-0.05, 0) is 41.4 Å². The fourth-order valence-electron chi connectivity index (χ4n) is 2.07. The molecule has 0 bridgehead atoms. The van der Waals surface area contributed by atoms with Crippen molar-refractivity contribution in [1.82, 2.24) is 0 Å². The molecule has 1 heterocycles. The van der Waals surface area contributed by atoms with Gasteiger partial charge in [0, 0.05) is 9.60 Å². The molecule has 0 saturated carbocycles. The number of thioether (sulfide) groups is 1. The molecule has 0 fully saturated rings. The number of methoxy groups -OCH3 is 1. The fourth-order valence-corrected chi connectivity index (χ4v) is 3.98. The van der Waals surface area contributed by atoms with E-state index >= 15 is 0 Å². The van der Waals surface area contributed by atoms with E-state index in [0.29, 0.717) is 15.3 Å². The van der Waals surface area contributed by atoms with Crippen molar-refractivity contribution in [2.45, 2.75) is 4.90 Å². The Morgan fingerprint density at radius 3 is 2.55 bits per heavy atom. The summed E-state index contributed by atoms with van der Waals surface area (Å²) in [4.78, 5) is 25.5. The van der Waals surface area contributed by atoms with Gasteiger partial charge in [-0.3, -0.25) is 4.79 Å². The third-order valence-corrected chi connectivity index (χ3v) is 5.35. The number of carbonyl (C=O) groups is 2. The van der Waals surface area contributed by atoms with E-state index in [-0.39, 0.29) is 5.12 Å². The van der Waals surface area contributed by atoms with Crippen molar-refractivity contribution in [1.29, 1.82) is 0 Å². The summed E-state index contributed by atoms with van der Waals surface area (Å²) in [5.74, 6) is -0.438. The molecule has 0 N–H and O–H groups in total. The van der Waals surface area contributed by atoms with Crippen LogP contribution in [0.2, 0.25) is 0 Å². The molecular formula is C17H12O3S2. The van der Waals surface area contributed by atoms with Crippen molar-refractivity contribution < 1.29 is 14.3 Å². The van der Waals surface area contributed by atoms with Gasteiger partial charge in [0.1, 0.15) is 0 Å². The van der Waals surface area contributed by atoms with Gasteiger partial charge < -0.3 is 4.74 Å². The maximum absolute atomic E-state index is 12.5. The first-order valence-electron chi connectivity index (χ1n) is 6.57. The Morgan fingerprint density at radius 1 is 1.05 bits per heavy atom. The Balaban J connectivity index is 1.90. The predicted molar refractivity (Wildman–Crippen MR) is 89.8 cm³/mol. The fraction of sp³-hybridized carbons (Fsp3) is 0.0588. The first-order chi connectivity index (χ1) is 10.7. The number of carbonyl (C=O) groups excluding carboxylic acids is 2. The van der Waals surface area contributed by atoms with E-state index in [1.165, 1.54) is 18.4 Å². The Morgan fingerprint density at radius 2 is 1.77 bits per heavy atom. The molecule has 0 aliphatic carbocycles. The molecule has 110 valence electrons. The van der Waals surface area contributed by atoms with E-state index in [1.807, 2.05) is 30.3 Å². The molecule has 0 radical (unpaired) electrons. The summed E-state index contributed by atoms with van der Waals surface area (Å²) < 4.78 is 5.83. The molecule has 0 aliphatic rings. The van der Waals surface area contributed by atoms with Crippen LogP contribution in [0.1, 0.15) is 20.0 Å². The summed E-state index contributed by atoms with van der Waals surface area (Å²) >= 11 is 2.51. The largest absolute Gasteiger partial charge is 0.465 e. The van der Waals surface area contributed by atoms with Gasteiger partial charge in [-0.15, -0.1) is 11.3 Å². The lowest BCUT2D eigenvalue weighted by Crippen LogP contribution is -2.03. The van der Waals surface area contributed by atoms with E-state index in [9.17, 15) is 9.59 Å². The van der Waals surface area contributed by atoms with Gasteiger partial charge in [0.25, 0.3) is 0 Å². The van der Waals surface area contributed by atoms with Gasteiger partial charge in [-0.1, -0.05) is 30.3 Å². The molecule has 0 aliphatic heterocycles. The highest BCUT2D eigenvalue weighted by Crippen LogP contribution is 2.32. The average molecular weight is 328 g/mol. The Labute approximate surface area is 135 Å². The number of hydrogen-bond donors (Lipinski definition) is 0.